The van der Waals surface area contributed by atoms with Crippen molar-refractivity contribution in [3.8, 4) is 11.5 Å². The molecule has 4 bridgehead atoms. The normalized spacial score (nSPS) is 15.1. The monoisotopic (exact) mass is 487 g/mol. The van der Waals surface area contributed by atoms with E-state index in [0.29, 0.717) is 0 Å². The molecule has 0 saturated carbocycles. The van der Waals surface area contributed by atoms with E-state index in [1.165, 1.54) is 32.0 Å². The number of aryl methyl sites for hydroxylation is 2. The Labute approximate surface area is 207 Å². The van der Waals surface area contributed by atoms with E-state index >= 15 is 0 Å². The summed E-state index contributed by atoms with van der Waals surface area (Å²) in [4.78, 5) is 2.58. The van der Waals surface area contributed by atoms with Crippen LogP contribution in [0.25, 0.3) is 0 Å². The lowest BCUT2D eigenvalue weighted by Gasteiger charge is -2.37. The topological polar surface area (TPSA) is 21.7 Å². The average Bonchev–Trinajstić information content (AvgIpc) is 2.61. The van der Waals surface area contributed by atoms with E-state index in [0.717, 1.165) is 11.5 Å². The Hall–Kier alpha value is -1.22. The third-order valence-electron chi connectivity index (χ3n) is 5.99. The first kappa shape index (κ1) is 26.4. The van der Waals surface area contributed by atoms with Gasteiger partial charge in [0.15, 0.2) is 0 Å². The lowest BCUT2D eigenvalue weighted by atomic mass is 9.86. The Morgan fingerprint density at radius 2 is 1.06 bits per heavy atom. The van der Waals surface area contributed by atoms with Gasteiger partial charge in [0.05, 0.1) is 0 Å². The van der Waals surface area contributed by atoms with Crippen molar-refractivity contribution in [1.82, 2.24) is 4.67 Å². The van der Waals surface area contributed by atoms with Gasteiger partial charge in [-0.1, -0.05) is 53.3 Å². The van der Waals surface area contributed by atoms with Crippen molar-refractivity contribution in [2.24, 2.45) is 0 Å². The molecule has 2 aromatic rings. The van der Waals surface area contributed by atoms with Gasteiger partial charge in [-0.2, -0.15) is 0 Å². The highest BCUT2D eigenvalue weighted by molar-refractivity contribution is 7.99. The van der Waals surface area contributed by atoms with Crippen LogP contribution in [0.1, 0.15) is 91.5 Å². The van der Waals surface area contributed by atoms with Crippen LogP contribution < -0.4 is 9.05 Å². The molecular formula is C28H42NO2PS. The van der Waals surface area contributed by atoms with Crippen LogP contribution in [0.4, 0.5) is 0 Å². The first-order chi connectivity index (χ1) is 15.1. The van der Waals surface area contributed by atoms with E-state index in [9.17, 15) is 0 Å². The van der Waals surface area contributed by atoms with Gasteiger partial charge in [-0.05, 0) is 87.8 Å². The first-order valence-electron chi connectivity index (χ1n) is 12.0. The largest absolute Gasteiger partial charge is 0.427 e. The molecule has 0 fully saturated rings. The van der Waals surface area contributed by atoms with Gasteiger partial charge in [0.2, 0.25) is 0 Å². The summed E-state index contributed by atoms with van der Waals surface area (Å²) < 4.78 is 16.1. The molecule has 0 aliphatic carbocycles. The molecule has 0 aromatic heterocycles. The van der Waals surface area contributed by atoms with Gasteiger partial charge < -0.3 is 9.05 Å². The standard InChI is InChI=1S/C28H42NO2PS/c1-17(2)29(18(3)4)32-30-23-13-19(5)25(15-21(23)27(7,8)9)33-26-16-22(28(10,11)12)24(31-32)14-20(26)6/h13-18H,1-12H3. The van der Waals surface area contributed by atoms with Crippen LogP contribution in [0, 0.1) is 13.8 Å². The van der Waals surface area contributed by atoms with Gasteiger partial charge in [0, 0.05) is 33.0 Å². The second-order valence-corrected chi connectivity index (χ2v) is 14.2. The fourth-order valence-electron chi connectivity index (χ4n) is 4.24. The Morgan fingerprint density at radius 3 is 1.36 bits per heavy atom. The maximum atomic E-state index is 6.88. The maximum absolute atomic E-state index is 6.88. The van der Waals surface area contributed by atoms with Crippen molar-refractivity contribution in [3.05, 3.63) is 46.5 Å². The predicted octanol–water partition coefficient (Wildman–Crippen LogP) is 9.17. The molecule has 0 amide bonds. The minimum Gasteiger partial charge on any atom is -0.427 e. The number of nitrogens with zero attached hydrogens (tertiary/aromatic N) is 1. The van der Waals surface area contributed by atoms with Crippen LogP contribution in [0.5, 0.6) is 11.5 Å². The molecule has 182 valence electrons. The lowest BCUT2D eigenvalue weighted by molar-refractivity contribution is 0.264. The van der Waals surface area contributed by atoms with Gasteiger partial charge in [-0.3, -0.25) is 0 Å². The summed E-state index contributed by atoms with van der Waals surface area (Å²) in [6, 6.07) is 9.68. The van der Waals surface area contributed by atoms with Crippen molar-refractivity contribution in [1.29, 1.82) is 0 Å². The molecule has 0 atom stereocenters. The van der Waals surface area contributed by atoms with Crippen LogP contribution in [0.2, 0.25) is 0 Å². The highest BCUT2D eigenvalue weighted by Gasteiger charge is 2.35. The molecule has 0 N–H and O–H groups in total. The number of hydrogen-bond acceptors (Lipinski definition) is 4. The van der Waals surface area contributed by atoms with E-state index in [1.807, 2.05) is 11.8 Å². The molecule has 0 spiro atoms. The second-order valence-electron chi connectivity index (χ2n) is 11.8. The molecule has 2 aromatic carbocycles. The van der Waals surface area contributed by atoms with E-state index in [2.05, 4.69) is 112 Å². The third-order valence-corrected chi connectivity index (χ3v) is 9.32. The van der Waals surface area contributed by atoms with Crippen molar-refractivity contribution >= 4 is 20.3 Å². The third kappa shape index (κ3) is 5.72. The Morgan fingerprint density at radius 1 is 0.697 bits per heavy atom. The summed E-state index contributed by atoms with van der Waals surface area (Å²) in [5.74, 6) is 1.87. The SMILES string of the molecule is Cc1cc2c(C(C)(C)C)cc1Sc1cc(C(C)(C)C)c(cc1C)OP(N(C(C)C)C(C)C)O2. The molecule has 33 heavy (non-hydrogen) atoms. The van der Waals surface area contributed by atoms with E-state index < -0.39 is 8.53 Å². The number of benzene rings is 2. The van der Waals surface area contributed by atoms with E-state index in [1.54, 1.807) is 0 Å². The molecule has 0 saturated heterocycles. The van der Waals surface area contributed by atoms with Crippen molar-refractivity contribution in [3.63, 3.8) is 0 Å². The zero-order chi connectivity index (χ0) is 24.9. The van der Waals surface area contributed by atoms with Gasteiger partial charge >= 0.3 is 8.53 Å². The fourth-order valence-corrected chi connectivity index (χ4v) is 6.89. The van der Waals surface area contributed by atoms with Gasteiger partial charge in [0.1, 0.15) is 11.5 Å². The van der Waals surface area contributed by atoms with Crippen LogP contribution in [0.3, 0.4) is 0 Å². The smallest absolute Gasteiger partial charge is 0.385 e. The zero-order valence-electron chi connectivity index (χ0n) is 22.6. The number of rotatable bonds is 3. The van der Waals surface area contributed by atoms with Crippen LogP contribution in [-0.4, -0.2) is 16.8 Å². The summed E-state index contributed by atoms with van der Waals surface area (Å²) in [7, 11) is -1.37. The molecule has 4 aliphatic rings. The van der Waals surface area contributed by atoms with E-state index in [-0.39, 0.29) is 22.9 Å². The Balaban J connectivity index is 2.35. The molecule has 4 aliphatic heterocycles. The van der Waals surface area contributed by atoms with Crippen molar-refractivity contribution < 1.29 is 9.05 Å². The second kappa shape index (κ2) is 9.44. The molecule has 3 nitrogen and oxygen atoms in total. The highest BCUT2D eigenvalue weighted by Crippen LogP contribution is 2.53. The van der Waals surface area contributed by atoms with Gasteiger partial charge in [0.25, 0.3) is 0 Å². The van der Waals surface area contributed by atoms with Crippen molar-refractivity contribution in [2.45, 2.75) is 116 Å². The quantitative estimate of drug-likeness (QED) is 0.402. The average molecular weight is 488 g/mol. The summed E-state index contributed by atoms with van der Waals surface area (Å²) in [5, 5.41) is 0. The summed E-state index contributed by atoms with van der Waals surface area (Å²) in [6.45, 7) is 26.8. The first-order valence-corrected chi connectivity index (χ1v) is 14.0. The summed E-state index contributed by atoms with van der Waals surface area (Å²) in [6.07, 6.45) is 0. The predicted molar refractivity (Wildman–Crippen MR) is 144 cm³/mol. The number of hydrogen-bond donors (Lipinski definition) is 0. The molecule has 0 unspecified atom stereocenters. The molecule has 0 radical (unpaired) electrons. The Bertz CT molecular complexity index is 939. The van der Waals surface area contributed by atoms with Gasteiger partial charge in [-0.25, -0.2) is 4.67 Å². The van der Waals surface area contributed by atoms with Crippen LogP contribution >= 0.6 is 20.3 Å². The molecular weight excluding hydrogens is 445 g/mol. The molecule has 4 heterocycles. The maximum Gasteiger partial charge on any atom is 0.385 e. The zero-order valence-corrected chi connectivity index (χ0v) is 24.3. The fraction of sp³-hybridized carbons (Fsp3) is 0.571. The van der Waals surface area contributed by atoms with Crippen molar-refractivity contribution in [2.75, 3.05) is 0 Å². The van der Waals surface area contributed by atoms with Crippen LogP contribution in [-0.2, 0) is 10.8 Å². The summed E-state index contributed by atoms with van der Waals surface area (Å²) >= 11 is 1.85. The molecule has 5 heteroatoms. The Kier molecular flexibility index (Phi) is 7.55. The van der Waals surface area contributed by atoms with Crippen LogP contribution in [0.15, 0.2) is 34.1 Å². The summed E-state index contributed by atoms with van der Waals surface area (Å²) in [5.41, 5.74) is 4.83. The van der Waals surface area contributed by atoms with E-state index in [4.69, 9.17) is 9.05 Å². The minimum absolute atomic E-state index is 0.0436. The lowest BCUT2D eigenvalue weighted by Crippen LogP contribution is -2.35. The van der Waals surface area contributed by atoms with Gasteiger partial charge in [-0.15, -0.1) is 0 Å². The molecule has 6 rings (SSSR count). The minimum atomic E-state index is -1.37. The highest BCUT2D eigenvalue weighted by atomic mass is 32.2.